The third-order valence-electron chi connectivity index (χ3n) is 8.90. The van der Waals surface area contributed by atoms with Crippen LogP contribution >= 0.6 is 0 Å². The van der Waals surface area contributed by atoms with Gasteiger partial charge < -0.3 is 24.6 Å². The van der Waals surface area contributed by atoms with E-state index in [2.05, 4.69) is 11.4 Å². The average molecular weight is 537 g/mol. The molecule has 0 bridgehead atoms. The van der Waals surface area contributed by atoms with Crippen LogP contribution in [0.1, 0.15) is 83.6 Å². The van der Waals surface area contributed by atoms with Crippen LogP contribution in [0.3, 0.4) is 0 Å². The van der Waals surface area contributed by atoms with E-state index in [0.717, 1.165) is 49.8 Å². The molecule has 1 N–H and O–H groups in total. The largest absolute Gasteiger partial charge is 0.497 e. The lowest BCUT2D eigenvalue weighted by molar-refractivity contribution is -0.148. The van der Waals surface area contributed by atoms with Gasteiger partial charge in [0, 0.05) is 18.5 Å². The smallest absolute Gasteiger partial charge is 0.408 e. The van der Waals surface area contributed by atoms with Crippen molar-refractivity contribution in [1.29, 1.82) is 5.26 Å². The van der Waals surface area contributed by atoms with Crippen molar-refractivity contribution in [1.82, 2.24) is 15.1 Å². The molecule has 0 aromatic heterocycles. The first-order valence-corrected chi connectivity index (χ1v) is 14.2. The highest BCUT2D eigenvalue weighted by Gasteiger charge is 2.64. The van der Waals surface area contributed by atoms with E-state index >= 15 is 0 Å². The Morgan fingerprint density at radius 2 is 1.87 bits per heavy atom. The number of nitriles is 1. The van der Waals surface area contributed by atoms with Crippen LogP contribution in [0.15, 0.2) is 24.3 Å². The zero-order valence-electron chi connectivity index (χ0n) is 23.4. The normalized spacial score (nSPS) is 29.7. The van der Waals surface area contributed by atoms with Gasteiger partial charge in [-0.05, 0) is 77.0 Å². The number of hydrogen-bond acceptors (Lipinski definition) is 6. The molecule has 3 aliphatic heterocycles. The minimum atomic E-state index is -0.721. The van der Waals surface area contributed by atoms with Crippen molar-refractivity contribution in [2.24, 2.45) is 5.92 Å². The van der Waals surface area contributed by atoms with Crippen molar-refractivity contribution in [2.45, 2.75) is 107 Å². The van der Waals surface area contributed by atoms with Crippen LogP contribution in [-0.2, 0) is 14.3 Å². The lowest BCUT2D eigenvalue weighted by Crippen LogP contribution is -2.58. The SMILES string of the molecule is COc1cccc([C@@H]2CN(C(=O)[C@@H]3CC[C@@H]4CCCC[C@H](NC(=O)OC(C)(C)C)C(=O)N43)C3(CC3)[C@H]2C#N)c1. The summed E-state index contributed by atoms with van der Waals surface area (Å²) in [4.78, 5) is 44.4. The van der Waals surface area contributed by atoms with E-state index in [1.165, 1.54) is 0 Å². The molecule has 3 amide bonds. The van der Waals surface area contributed by atoms with Gasteiger partial charge >= 0.3 is 6.09 Å². The second-order valence-electron chi connectivity index (χ2n) is 12.5. The zero-order chi connectivity index (χ0) is 27.9. The van der Waals surface area contributed by atoms with Crippen LogP contribution < -0.4 is 10.1 Å². The first-order chi connectivity index (χ1) is 18.6. The molecule has 9 heteroatoms. The van der Waals surface area contributed by atoms with Gasteiger partial charge in [0.2, 0.25) is 11.8 Å². The second kappa shape index (κ2) is 10.4. The molecular formula is C30H40N4O5. The molecule has 1 aromatic carbocycles. The topological polar surface area (TPSA) is 112 Å². The number of alkyl carbamates (subject to hydrolysis) is 1. The molecule has 5 rings (SSSR count). The second-order valence-corrected chi connectivity index (χ2v) is 12.5. The molecule has 0 radical (unpaired) electrons. The number of benzene rings is 1. The van der Waals surface area contributed by atoms with E-state index in [0.29, 0.717) is 19.4 Å². The quantitative estimate of drug-likeness (QED) is 0.620. The van der Waals surface area contributed by atoms with E-state index in [1.807, 2.05) is 29.2 Å². The monoisotopic (exact) mass is 536 g/mol. The van der Waals surface area contributed by atoms with Crippen LogP contribution in [0.25, 0.3) is 0 Å². The number of hydrogen-bond donors (Lipinski definition) is 1. The Morgan fingerprint density at radius 3 is 2.54 bits per heavy atom. The van der Waals surface area contributed by atoms with Gasteiger partial charge in [0.05, 0.1) is 24.6 Å². The summed E-state index contributed by atoms with van der Waals surface area (Å²) < 4.78 is 10.8. The highest BCUT2D eigenvalue weighted by atomic mass is 16.6. The lowest BCUT2D eigenvalue weighted by Gasteiger charge is -2.37. The van der Waals surface area contributed by atoms with Gasteiger partial charge in [-0.25, -0.2) is 4.79 Å². The molecule has 1 aliphatic carbocycles. The number of fused-ring (bicyclic) bond motifs is 1. The number of ether oxygens (including phenoxy) is 2. The summed E-state index contributed by atoms with van der Waals surface area (Å²) >= 11 is 0. The molecular weight excluding hydrogens is 496 g/mol. The summed E-state index contributed by atoms with van der Waals surface area (Å²) in [6.07, 6.45) is 5.48. The van der Waals surface area contributed by atoms with Gasteiger partial charge in [0.1, 0.15) is 23.4 Å². The van der Waals surface area contributed by atoms with Gasteiger partial charge in [0.15, 0.2) is 0 Å². The summed E-state index contributed by atoms with van der Waals surface area (Å²) in [6.45, 7) is 5.81. The Morgan fingerprint density at radius 1 is 1.13 bits per heavy atom. The van der Waals surface area contributed by atoms with Crippen LogP contribution in [0.5, 0.6) is 5.75 Å². The van der Waals surface area contributed by atoms with Gasteiger partial charge in [-0.3, -0.25) is 9.59 Å². The predicted octanol–water partition coefficient (Wildman–Crippen LogP) is 4.12. The number of rotatable bonds is 4. The van der Waals surface area contributed by atoms with E-state index in [-0.39, 0.29) is 29.7 Å². The van der Waals surface area contributed by atoms with Crippen molar-refractivity contribution in [2.75, 3.05) is 13.7 Å². The molecule has 4 aliphatic rings. The third-order valence-corrected chi connectivity index (χ3v) is 8.90. The molecule has 1 aromatic rings. The maximum atomic E-state index is 14.3. The number of carbonyl (C=O) groups excluding carboxylic acids is 3. The molecule has 5 atom stereocenters. The minimum absolute atomic E-state index is 0.0200. The predicted molar refractivity (Wildman–Crippen MR) is 144 cm³/mol. The molecule has 4 fully saturated rings. The van der Waals surface area contributed by atoms with Gasteiger partial charge in [0.25, 0.3) is 0 Å². The number of likely N-dealkylation sites (tertiary alicyclic amines) is 1. The van der Waals surface area contributed by atoms with Crippen LogP contribution in [-0.4, -0.2) is 70.6 Å². The third kappa shape index (κ3) is 5.18. The molecule has 3 saturated heterocycles. The maximum absolute atomic E-state index is 14.3. The standard InChI is InChI=1S/C30H40N4O5/c1-29(2,3)39-28(37)32-24-11-6-5-9-20-12-13-25(34(20)26(24)35)27(36)33-18-22(23(17-31)30(33)14-15-30)19-8-7-10-21(16-19)38-4/h7-8,10,16,20,22-25H,5-6,9,11-15,18H2,1-4H3,(H,32,37)/t20-,22-,23-,24-,25-/m0/s1. The van der Waals surface area contributed by atoms with Gasteiger partial charge in [-0.2, -0.15) is 5.26 Å². The van der Waals surface area contributed by atoms with Crippen molar-refractivity contribution in [3.05, 3.63) is 29.8 Å². The summed E-state index contributed by atoms with van der Waals surface area (Å²) in [5.41, 5.74) is -0.151. The maximum Gasteiger partial charge on any atom is 0.408 e. The molecule has 9 nitrogen and oxygen atoms in total. The Balaban J connectivity index is 1.38. The minimum Gasteiger partial charge on any atom is -0.497 e. The van der Waals surface area contributed by atoms with Crippen molar-refractivity contribution < 1.29 is 23.9 Å². The fraction of sp³-hybridized carbons (Fsp3) is 0.667. The molecule has 3 heterocycles. The van der Waals surface area contributed by atoms with E-state index in [4.69, 9.17) is 9.47 Å². The number of methoxy groups -OCH3 is 1. The first kappa shape index (κ1) is 27.3. The number of amides is 3. The van der Waals surface area contributed by atoms with Crippen molar-refractivity contribution >= 4 is 17.9 Å². The number of carbonyl (C=O) groups is 3. The molecule has 0 unspecified atom stereocenters. The number of nitrogens with one attached hydrogen (secondary N) is 1. The number of nitrogens with zero attached hydrogens (tertiary/aromatic N) is 3. The fourth-order valence-corrected chi connectivity index (χ4v) is 6.96. The summed E-state index contributed by atoms with van der Waals surface area (Å²) in [7, 11) is 1.62. The van der Waals surface area contributed by atoms with Crippen LogP contribution in [0.4, 0.5) is 4.79 Å². The Hall–Kier alpha value is -3.28. The zero-order valence-corrected chi connectivity index (χ0v) is 23.4. The summed E-state index contributed by atoms with van der Waals surface area (Å²) in [5, 5.41) is 13.0. The van der Waals surface area contributed by atoms with Crippen molar-refractivity contribution in [3.8, 4) is 11.8 Å². The fourth-order valence-electron chi connectivity index (χ4n) is 6.96. The van der Waals surface area contributed by atoms with E-state index in [9.17, 15) is 19.6 Å². The molecule has 210 valence electrons. The first-order valence-electron chi connectivity index (χ1n) is 14.2. The van der Waals surface area contributed by atoms with Gasteiger partial charge in [-0.1, -0.05) is 25.0 Å². The summed E-state index contributed by atoms with van der Waals surface area (Å²) in [5.74, 6) is 0.0400. The lowest BCUT2D eigenvalue weighted by atomic mass is 9.85. The average Bonchev–Trinajstić information content (AvgIpc) is 3.45. The Labute approximate surface area is 230 Å². The Kier molecular flexibility index (Phi) is 7.25. The molecule has 1 spiro atoms. The highest BCUT2D eigenvalue weighted by molar-refractivity contribution is 5.93. The van der Waals surface area contributed by atoms with E-state index < -0.39 is 29.3 Å². The highest BCUT2D eigenvalue weighted by Crippen LogP contribution is 2.58. The van der Waals surface area contributed by atoms with E-state index in [1.54, 1.807) is 32.8 Å². The van der Waals surface area contributed by atoms with Crippen LogP contribution in [0, 0.1) is 17.2 Å². The van der Waals surface area contributed by atoms with Crippen LogP contribution in [0.2, 0.25) is 0 Å². The summed E-state index contributed by atoms with van der Waals surface area (Å²) in [6, 6.07) is 8.97. The molecule has 1 saturated carbocycles. The Bertz CT molecular complexity index is 1170. The molecule has 39 heavy (non-hydrogen) atoms. The van der Waals surface area contributed by atoms with Gasteiger partial charge in [-0.15, -0.1) is 0 Å². The van der Waals surface area contributed by atoms with Crippen molar-refractivity contribution in [3.63, 3.8) is 0 Å².